The number of rotatable bonds is 7. The molecule has 0 radical (unpaired) electrons. The van der Waals surface area contributed by atoms with Crippen molar-refractivity contribution in [2.24, 2.45) is 0 Å². The minimum atomic E-state index is -3.59. The van der Waals surface area contributed by atoms with E-state index in [2.05, 4.69) is 11.7 Å². The Balaban J connectivity index is 2.84. The van der Waals surface area contributed by atoms with E-state index in [1.165, 1.54) is 30.2 Å². The summed E-state index contributed by atoms with van der Waals surface area (Å²) < 4.78 is 26.4. The maximum atomic E-state index is 12.0. The van der Waals surface area contributed by atoms with Crippen LogP contribution in [0.25, 0.3) is 0 Å². The second-order valence-corrected chi connectivity index (χ2v) is 5.70. The summed E-state index contributed by atoms with van der Waals surface area (Å²) in [7, 11) is -2.15. The largest absolute Gasteiger partial charge is 0.481 e. The zero-order valence-corrected chi connectivity index (χ0v) is 10.8. The van der Waals surface area contributed by atoms with Crippen molar-refractivity contribution in [3.05, 3.63) is 25.0 Å². The molecular formula is C10H15N3O4S. The van der Waals surface area contributed by atoms with Gasteiger partial charge in [0.15, 0.2) is 0 Å². The molecular weight excluding hydrogens is 258 g/mol. The molecule has 8 heteroatoms. The van der Waals surface area contributed by atoms with E-state index in [9.17, 15) is 13.2 Å². The molecule has 0 unspecified atom stereocenters. The number of nitrogens with zero attached hydrogens (tertiary/aromatic N) is 3. The monoisotopic (exact) mass is 273 g/mol. The van der Waals surface area contributed by atoms with E-state index in [0.717, 1.165) is 4.31 Å². The minimum absolute atomic E-state index is 0.0391. The van der Waals surface area contributed by atoms with Crippen LogP contribution in [0.2, 0.25) is 0 Å². The number of aliphatic carboxylic acids is 1. The summed E-state index contributed by atoms with van der Waals surface area (Å²) in [6.07, 6.45) is 3.89. The summed E-state index contributed by atoms with van der Waals surface area (Å²) >= 11 is 0. The third-order valence-electron chi connectivity index (χ3n) is 2.26. The van der Waals surface area contributed by atoms with Crippen LogP contribution >= 0.6 is 0 Å². The number of carbonyl (C=O) groups is 1. The average molecular weight is 273 g/mol. The lowest BCUT2D eigenvalue weighted by Gasteiger charge is -2.12. The summed E-state index contributed by atoms with van der Waals surface area (Å²) in [4.78, 5) is 10.4. The van der Waals surface area contributed by atoms with Crippen molar-refractivity contribution >= 4 is 16.0 Å². The lowest BCUT2D eigenvalue weighted by molar-refractivity contribution is -0.137. The fourth-order valence-electron chi connectivity index (χ4n) is 1.27. The molecule has 1 N–H and O–H groups in total. The summed E-state index contributed by atoms with van der Waals surface area (Å²) in [5.41, 5.74) is 0. The second-order valence-electron chi connectivity index (χ2n) is 3.66. The Kier molecular flexibility index (Phi) is 4.62. The van der Waals surface area contributed by atoms with Crippen molar-refractivity contribution < 1.29 is 18.3 Å². The van der Waals surface area contributed by atoms with Gasteiger partial charge in [-0.2, -0.15) is 9.40 Å². The quantitative estimate of drug-likeness (QED) is 0.715. The summed E-state index contributed by atoms with van der Waals surface area (Å²) in [5.74, 6) is -0.960. The maximum absolute atomic E-state index is 12.0. The Labute approximate surface area is 105 Å². The van der Waals surface area contributed by atoms with Gasteiger partial charge in [0, 0.05) is 19.8 Å². The number of sulfonamides is 1. The Morgan fingerprint density at radius 1 is 1.67 bits per heavy atom. The highest BCUT2D eigenvalue weighted by Crippen LogP contribution is 2.13. The Bertz CT molecular complexity index is 535. The summed E-state index contributed by atoms with van der Waals surface area (Å²) in [6, 6.07) is 0. The second kappa shape index (κ2) is 5.78. The first-order valence-corrected chi connectivity index (χ1v) is 6.63. The summed E-state index contributed by atoms with van der Waals surface area (Å²) in [5, 5.41) is 12.3. The lowest BCUT2D eigenvalue weighted by Crippen LogP contribution is -2.26. The maximum Gasteiger partial charge on any atom is 0.305 e. The van der Waals surface area contributed by atoms with Crippen molar-refractivity contribution in [2.75, 3.05) is 13.6 Å². The van der Waals surface area contributed by atoms with Gasteiger partial charge in [0.2, 0.25) is 10.0 Å². The van der Waals surface area contributed by atoms with Crippen LogP contribution in [0, 0.1) is 0 Å². The third-order valence-corrected chi connectivity index (χ3v) is 4.03. The molecule has 18 heavy (non-hydrogen) atoms. The molecule has 0 fully saturated rings. The van der Waals surface area contributed by atoms with E-state index in [4.69, 9.17) is 5.11 Å². The SMILES string of the molecule is C=CCN(C)S(=O)(=O)c1cnn(CCC(=O)O)c1. The number of likely N-dealkylation sites (N-methyl/N-ethyl adjacent to an activating group) is 1. The molecule has 0 saturated heterocycles. The molecule has 0 saturated carbocycles. The van der Waals surface area contributed by atoms with Crippen LogP contribution in [0.1, 0.15) is 6.42 Å². The van der Waals surface area contributed by atoms with E-state index in [-0.39, 0.29) is 24.4 Å². The minimum Gasteiger partial charge on any atom is -0.481 e. The molecule has 0 atom stereocenters. The highest BCUT2D eigenvalue weighted by Gasteiger charge is 2.21. The van der Waals surface area contributed by atoms with Gasteiger partial charge in [-0.3, -0.25) is 9.48 Å². The van der Waals surface area contributed by atoms with Crippen LogP contribution in [0.4, 0.5) is 0 Å². The number of aromatic nitrogens is 2. The highest BCUT2D eigenvalue weighted by atomic mass is 32.2. The van der Waals surface area contributed by atoms with Gasteiger partial charge in [0.25, 0.3) is 0 Å². The Morgan fingerprint density at radius 3 is 2.89 bits per heavy atom. The van der Waals surface area contributed by atoms with E-state index in [1.54, 1.807) is 0 Å². The van der Waals surface area contributed by atoms with Gasteiger partial charge in [0.1, 0.15) is 4.90 Å². The van der Waals surface area contributed by atoms with Gasteiger partial charge in [-0.15, -0.1) is 6.58 Å². The van der Waals surface area contributed by atoms with E-state index < -0.39 is 16.0 Å². The zero-order chi connectivity index (χ0) is 13.8. The average Bonchev–Trinajstić information content (AvgIpc) is 2.75. The number of hydrogen-bond donors (Lipinski definition) is 1. The topological polar surface area (TPSA) is 92.5 Å². The van der Waals surface area contributed by atoms with E-state index >= 15 is 0 Å². The van der Waals surface area contributed by atoms with Gasteiger partial charge in [-0.1, -0.05) is 6.08 Å². The lowest BCUT2D eigenvalue weighted by atomic mass is 10.4. The Hall–Kier alpha value is -1.67. The first-order valence-electron chi connectivity index (χ1n) is 5.19. The smallest absolute Gasteiger partial charge is 0.305 e. The molecule has 0 aliphatic rings. The first kappa shape index (κ1) is 14.4. The standard InChI is InChI=1S/C10H15N3O4S/c1-3-5-12(2)18(16,17)9-7-11-13(8-9)6-4-10(14)15/h3,7-8H,1,4-6H2,2H3,(H,14,15). The van der Waals surface area contributed by atoms with Crippen LogP contribution in [-0.4, -0.2) is 47.2 Å². The van der Waals surface area contributed by atoms with Gasteiger partial charge < -0.3 is 5.11 Å². The van der Waals surface area contributed by atoms with Gasteiger partial charge in [-0.05, 0) is 0 Å². The predicted molar refractivity (Wildman–Crippen MR) is 64.5 cm³/mol. The first-order chi connectivity index (χ1) is 8.37. The molecule has 1 heterocycles. The van der Waals surface area contributed by atoms with Crippen molar-refractivity contribution in [2.45, 2.75) is 17.9 Å². The van der Waals surface area contributed by atoms with Crippen molar-refractivity contribution in [3.63, 3.8) is 0 Å². The molecule has 0 aromatic carbocycles. The molecule has 0 aliphatic carbocycles. The van der Waals surface area contributed by atoms with Crippen molar-refractivity contribution in [1.82, 2.24) is 14.1 Å². The van der Waals surface area contributed by atoms with Gasteiger partial charge in [-0.25, -0.2) is 8.42 Å². The van der Waals surface area contributed by atoms with Crippen LogP contribution in [0.5, 0.6) is 0 Å². The molecule has 1 aromatic rings. The number of carboxylic acids is 1. The van der Waals surface area contributed by atoms with Gasteiger partial charge >= 0.3 is 5.97 Å². The zero-order valence-electron chi connectivity index (χ0n) is 9.98. The Morgan fingerprint density at radius 2 is 2.33 bits per heavy atom. The van der Waals surface area contributed by atoms with Crippen LogP contribution in [-0.2, 0) is 21.4 Å². The molecule has 7 nitrogen and oxygen atoms in total. The van der Waals surface area contributed by atoms with E-state index in [0.29, 0.717) is 0 Å². The predicted octanol–water partition coefficient (Wildman–Crippen LogP) is 0.164. The van der Waals surface area contributed by atoms with Crippen LogP contribution in [0.15, 0.2) is 29.9 Å². The van der Waals surface area contributed by atoms with Gasteiger partial charge in [0.05, 0.1) is 19.2 Å². The fourth-order valence-corrected chi connectivity index (χ4v) is 2.37. The van der Waals surface area contributed by atoms with Crippen LogP contribution in [0.3, 0.4) is 0 Å². The number of carboxylic acid groups (broad SMARTS) is 1. The summed E-state index contributed by atoms with van der Waals surface area (Å²) in [6.45, 7) is 3.80. The van der Waals surface area contributed by atoms with Crippen molar-refractivity contribution in [3.8, 4) is 0 Å². The van der Waals surface area contributed by atoms with E-state index in [1.807, 2.05) is 0 Å². The molecule has 0 bridgehead atoms. The molecule has 100 valence electrons. The molecule has 1 rings (SSSR count). The third kappa shape index (κ3) is 3.41. The van der Waals surface area contributed by atoms with Crippen molar-refractivity contribution in [1.29, 1.82) is 0 Å². The fraction of sp³-hybridized carbons (Fsp3) is 0.400. The highest BCUT2D eigenvalue weighted by molar-refractivity contribution is 7.89. The van der Waals surface area contributed by atoms with Crippen LogP contribution < -0.4 is 0 Å². The molecule has 1 aromatic heterocycles. The normalized spacial score (nSPS) is 11.7. The molecule has 0 spiro atoms. The number of aryl methyl sites for hydroxylation is 1. The number of hydrogen-bond acceptors (Lipinski definition) is 4. The molecule has 0 aliphatic heterocycles. The molecule has 0 amide bonds.